The number of carbonyl (C=O) groups excluding carboxylic acids is 1. The number of aromatic nitrogens is 1. The summed E-state index contributed by atoms with van der Waals surface area (Å²) in [6.07, 6.45) is -4.14. The van der Waals surface area contributed by atoms with Crippen molar-refractivity contribution in [1.82, 2.24) is 10.3 Å². The third kappa shape index (κ3) is 4.94. The van der Waals surface area contributed by atoms with Crippen LogP contribution in [0.2, 0.25) is 0 Å². The van der Waals surface area contributed by atoms with Gasteiger partial charge in [0.2, 0.25) is 5.91 Å². The predicted octanol–water partition coefficient (Wildman–Crippen LogP) is 5.01. The van der Waals surface area contributed by atoms with Crippen molar-refractivity contribution in [3.8, 4) is 5.75 Å². The van der Waals surface area contributed by atoms with Gasteiger partial charge in [-0.3, -0.25) is 4.79 Å². The van der Waals surface area contributed by atoms with E-state index in [1.807, 2.05) is 24.3 Å². The number of nitrogens with one attached hydrogen (secondary N) is 2. The van der Waals surface area contributed by atoms with Gasteiger partial charge >= 0.3 is 11.8 Å². The van der Waals surface area contributed by atoms with E-state index in [9.17, 15) is 27.9 Å². The van der Waals surface area contributed by atoms with Crippen molar-refractivity contribution in [3.63, 3.8) is 0 Å². The van der Waals surface area contributed by atoms with Crippen LogP contribution in [0.15, 0.2) is 63.8 Å². The molecule has 182 valence electrons. The van der Waals surface area contributed by atoms with Crippen LogP contribution in [0, 0.1) is 6.92 Å². The molecule has 0 saturated carbocycles. The molecular weight excluding hydrogens is 461 g/mol. The van der Waals surface area contributed by atoms with Crippen molar-refractivity contribution in [3.05, 3.63) is 98.7 Å². The number of carbonyl (C=O) groups is 1. The number of alkyl halides is 3. The fourth-order valence-electron chi connectivity index (χ4n) is 4.31. The highest BCUT2D eigenvalue weighted by Gasteiger charge is 2.32. The monoisotopic (exact) mass is 484 g/mol. The van der Waals surface area contributed by atoms with Crippen LogP contribution in [-0.4, -0.2) is 22.5 Å². The van der Waals surface area contributed by atoms with E-state index >= 15 is 0 Å². The second-order valence-corrected chi connectivity index (χ2v) is 8.29. The number of amides is 1. The van der Waals surface area contributed by atoms with Gasteiger partial charge in [-0.15, -0.1) is 0 Å². The normalized spacial score (nSPS) is 12.6. The number of benzene rings is 2. The largest absolute Gasteiger partial charge is 0.507 e. The zero-order valence-electron chi connectivity index (χ0n) is 19.0. The van der Waals surface area contributed by atoms with Gasteiger partial charge in [-0.1, -0.05) is 30.3 Å². The summed E-state index contributed by atoms with van der Waals surface area (Å²) < 4.78 is 44.9. The highest BCUT2D eigenvalue weighted by Crippen LogP contribution is 2.40. The van der Waals surface area contributed by atoms with Gasteiger partial charge in [0.15, 0.2) is 0 Å². The molecule has 0 fully saturated rings. The van der Waals surface area contributed by atoms with Crippen LogP contribution in [0.5, 0.6) is 5.75 Å². The summed E-state index contributed by atoms with van der Waals surface area (Å²) in [5, 5.41) is 14.3. The molecule has 1 atom stereocenters. The minimum absolute atomic E-state index is 0.0947. The van der Waals surface area contributed by atoms with Crippen LogP contribution in [0.1, 0.15) is 46.5 Å². The van der Waals surface area contributed by atoms with Crippen LogP contribution in [-0.2, 0) is 17.4 Å². The topological polar surface area (TPSA) is 95.3 Å². The van der Waals surface area contributed by atoms with E-state index < -0.39 is 23.3 Å². The van der Waals surface area contributed by atoms with Crippen LogP contribution < -0.4 is 10.9 Å². The molecule has 1 amide bonds. The first kappa shape index (κ1) is 24.1. The fourth-order valence-corrected chi connectivity index (χ4v) is 4.31. The number of aryl methyl sites for hydroxylation is 1. The molecule has 0 spiro atoms. The van der Waals surface area contributed by atoms with Crippen LogP contribution in [0.4, 0.5) is 13.2 Å². The average Bonchev–Trinajstić information content (AvgIpc) is 3.13. The molecule has 6 nitrogen and oxygen atoms in total. The Morgan fingerprint density at radius 1 is 1.14 bits per heavy atom. The average molecular weight is 484 g/mol. The maximum absolute atomic E-state index is 13.2. The SMILES string of the molecule is CC(=O)NCCc1c(C(c2ccc(C(F)(F)F)cc2)c2c(O)cc(C)oc2=O)[nH]c2ccccc12. The van der Waals surface area contributed by atoms with Crippen molar-refractivity contribution in [2.75, 3.05) is 6.54 Å². The Balaban J connectivity index is 1.96. The first-order valence-corrected chi connectivity index (χ1v) is 10.9. The van der Waals surface area contributed by atoms with E-state index in [0.29, 0.717) is 24.2 Å². The maximum atomic E-state index is 13.2. The van der Waals surface area contributed by atoms with Gasteiger partial charge in [0, 0.05) is 36.1 Å². The second kappa shape index (κ2) is 9.32. The molecule has 4 rings (SSSR count). The first-order valence-electron chi connectivity index (χ1n) is 10.9. The van der Waals surface area contributed by atoms with Gasteiger partial charge in [0.25, 0.3) is 0 Å². The Morgan fingerprint density at radius 2 is 1.83 bits per heavy atom. The van der Waals surface area contributed by atoms with Crippen molar-refractivity contribution < 1.29 is 27.5 Å². The Morgan fingerprint density at radius 3 is 2.46 bits per heavy atom. The summed E-state index contributed by atoms with van der Waals surface area (Å²) in [6.45, 7) is 3.22. The smallest absolute Gasteiger partial charge is 0.416 e. The molecule has 35 heavy (non-hydrogen) atoms. The molecule has 1 unspecified atom stereocenters. The molecule has 9 heteroatoms. The molecule has 2 aromatic carbocycles. The summed E-state index contributed by atoms with van der Waals surface area (Å²) in [7, 11) is 0. The number of hydrogen-bond acceptors (Lipinski definition) is 4. The standard InChI is InChI=1S/C26H23F3N2O4/c1-14-13-21(33)23(25(34)35-14)22(16-7-9-17(10-8-16)26(27,28)29)24-19(11-12-30-15(2)32)18-5-3-4-6-20(18)31-24/h3-10,13,22,31,33H,11-12H2,1-2H3,(H,30,32). The van der Waals surface area contributed by atoms with Crippen molar-refractivity contribution in [1.29, 1.82) is 0 Å². The molecule has 0 aliphatic heterocycles. The van der Waals surface area contributed by atoms with E-state index in [2.05, 4.69) is 10.3 Å². The number of hydrogen-bond donors (Lipinski definition) is 3. The van der Waals surface area contributed by atoms with Crippen LogP contribution in [0.3, 0.4) is 0 Å². The number of aromatic hydroxyl groups is 1. The Bertz CT molecular complexity index is 1440. The number of H-pyrrole nitrogens is 1. The van der Waals surface area contributed by atoms with Crippen LogP contribution >= 0.6 is 0 Å². The summed E-state index contributed by atoms with van der Waals surface area (Å²) >= 11 is 0. The minimum Gasteiger partial charge on any atom is -0.507 e. The molecule has 2 aromatic heterocycles. The van der Waals surface area contributed by atoms with Crippen molar-refractivity contribution in [2.45, 2.75) is 32.4 Å². The van der Waals surface area contributed by atoms with Gasteiger partial charge in [0.1, 0.15) is 11.5 Å². The van der Waals surface area contributed by atoms with E-state index in [0.717, 1.165) is 28.6 Å². The lowest BCUT2D eigenvalue weighted by molar-refractivity contribution is -0.137. The molecule has 0 saturated heterocycles. The number of rotatable bonds is 6. The van der Waals surface area contributed by atoms with E-state index in [1.54, 1.807) is 0 Å². The molecule has 0 bridgehead atoms. The lowest BCUT2D eigenvalue weighted by Crippen LogP contribution is -2.23. The Hall–Kier alpha value is -4.01. The van der Waals surface area contributed by atoms with E-state index in [1.165, 1.54) is 32.0 Å². The van der Waals surface area contributed by atoms with E-state index in [-0.39, 0.29) is 23.0 Å². The molecule has 0 aliphatic rings. The van der Waals surface area contributed by atoms with Crippen molar-refractivity contribution in [2.24, 2.45) is 0 Å². The third-order valence-corrected chi connectivity index (χ3v) is 5.83. The molecule has 4 aromatic rings. The molecule has 0 aliphatic carbocycles. The van der Waals surface area contributed by atoms with Gasteiger partial charge in [-0.25, -0.2) is 4.79 Å². The number of para-hydroxylation sites is 1. The number of fused-ring (bicyclic) bond motifs is 1. The Kier molecular flexibility index (Phi) is 6.43. The second-order valence-electron chi connectivity index (χ2n) is 8.29. The molecule has 3 N–H and O–H groups in total. The van der Waals surface area contributed by atoms with E-state index in [4.69, 9.17) is 4.42 Å². The predicted molar refractivity (Wildman–Crippen MR) is 124 cm³/mol. The van der Waals surface area contributed by atoms with Crippen molar-refractivity contribution >= 4 is 16.8 Å². The minimum atomic E-state index is -4.52. The Labute approximate surface area is 198 Å². The van der Waals surface area contributed by atoms with Crippen LogP contribution in [0.25, 0.3) is 10.9 Å². The van der Waals surface area contributed by atoms with Gasteiger partial charge in [0.05, 0.1) is 17.0 Å². The highest BCUT2D eigenvalue weighted by molar-refractivity contribution is 5.85. The molecule has 2 heterocycles. The summed E-state index contributed by atoms with van der Waals surface area (Å²) in [5.41, 5.74) is 0.663. The summed E-state index contributed by atoms with van der Waals surface area (Å²) in [5.74, 6) is -1.28. The summed E-state index contributed by atoms with van der Waals surface area (Å²) in [6, 6.07) is 13.1. The highest BCUT2D eigenvalue weighted by atomic mass is 19.4. The zero-order valence-corrected chi connectivity index (χ0v) is 19.0. The lowest BCUT2D eigenvalue weighted by Gasteiger charge is -2.20. The fraction of sp³-hybridized carbons (Fsp3) is 0.231. The quantitative estimate of drug-likeness (QED) is 0.358. The zero-order chi connectivity index (χ0) is 25.3. The number of aromatic amines is 1. The van der Waals surface area contributed by atoms with Gasteiger partial charge < -0.3 is 19.8 Å². The maximum Gasteiger partial charge on any atom is 0.416 e. The first-order chi connectivity index (χ1) is 16.6. The van der Waals surface area contributed by atoms with Gasteiger partial charge in [-0.05, 0) is 42.7 Å². The third-order valence-electron chi connectivity index (χ3n) is 5.83. The number of halogens is 3. The molecular formula is C26H23F3N2O4. The van der Waals surface area contributed by atoms with Gasteiger partial charge in [-0.2, -0.15) is 13.2 Å². The molecule has 0 radical (unpaired) electrons. The lowest BCUT2D eigenvalue weighted by atomic mass is 9.85. The summed E-state index contributed by atoms with van der Waals surface area (Å²) in [4.78, 5) is 27.6.